The quantitative estimate of drug-likeness (QED) is 0.395. The first-order valence-electron chi connectivity index (χ1n) is 8.06. The number of H-pyrrole nitrogens is 1. The van der Waals surface area contributed by atoms with E-state index in [0.29, 0.717) is 5.75 Å². The van der Waals surface area contributed by atoms with Crippen molar-refractivity contribution in [2.45, 2.75) is 5.16 Å². The van der Waals surface area contributed by atoms with Gasteiger partial charge in [-0.25, -0.2) is 4.98 Å². The van der Waals surface area contributed by atoms with Gasteiger partial charge in [-0.1, -0.05) is 78.5 Å². The van der Waals surface area contributed by atoms with Gasteiger partial charge in [0.1, 0.15) is 0 Å². The van der Waals surface area contributed by atoms with Crippen LogP contribution in [0.1, 0.15) is 10.4 Å². The molecule has 1 aromatic heterocycles. The Morgan fingerprint density at radius 2 is 1.50 bits per heavy atom. The van der Waals surface area contributed by atoms with Gasteiger partial charge >= 0.3 is 0 Å². The molecule has 0 saturated heterocycles. The summed E-state index contributed by atoms with van der Waals surface area (Å²) >= 11 is 1.43. The number of imidazole rings is 1. The van der Waals surface area contributed by atoms with E-state index >= 15 is 0 Å². The van der Waals surface area contributed by atoms with Gasteiger partial charge in [0.05, 0.1) is 16.8 Å². The van der Waals surface area contributed by atoms with Crippen LogP contribution < -0.4 is 17.0 Å². The molecule has 4 aromatic rings. The van der Waals surface area contributed by atoms with Crippen LogP contribution in [0.4, 0.5) is 0 Å². The molecule has 3 aromatic carbocycles. The molecule has 4 rings (SSSR count). The summed E-state index contributed by atoms with van der Waals surface area (Å²) in [5, 5.41) is 0.774. The molecule has 0 aliphatic carbocycles. The fourth-order valence-corrected chi connectivity index (χ4v) is 3.47. The summed E-state index contributed by atoms with van der Waals surface area (Å²) in [5.41, 5.74) is 4.90. The highest BCUT2D eigenvalue weighted by molar-refractivity contribution is 7.99. The molecule has 0 bridgehead atoms. The summed E-state index contributed by atoms with van der Waals surface area (Å²) in [6.45, 7) is 0. The Kier molecular flexibility index (Phi) is 5.91. The molecule has 0 saturated carbocycles. The first-order chi connectivity index (χ1) is 12.3. The molecule has 0 spiro atoms. The predicted octanol–water partition coefficient (Wildman–Crippen LogP) is 2.21. The number of aromatic amines is 1. The predicted molar refractivity (Wildman–Crippen MR) is 103 cm³/mol. The molecule has 5 heteroatoms. The summed E-state index contributed by atoms with van der Waals surface area (Å²) in [4.78, 5) is 20.1. The number of nitrogens with one attached hydrogen (secondary N) is 1. The number of rotatable bonds is 5. The fraction of sp³-hybridized carbons (Fsp3) is 0.0476. The molecule has 26 heavy (non-hydrogen) atoms. The number of carbonyl (C=O) groups is 1. The molecule has 3 nitrogen and oxygen atoms in total. The number of benzene rings is 3. The van der Waals surface area contributed by atoms with Crippen molar-refractivity contribution in [3.8, 4) is 11.1 Å². The lowest BCUT2D eigenvalue weighted by atomic mass is 10.0. The minimum Gasteiger partial charge on any atom is -1.00 e. The Labute approximate surface area is 166 Å². The first-order valence-corrected chi connectivity index (χ1v) is 9.04. The van der Waals surface area contributed by atoms with Crippen LogP contribution in [0.15, 0.2) is 84.0 Å². The van der Waals surface area contributed by atoms with Crippen molar-refractivity contribution in [2.24, 2.45) is 0 Å². The van der Waals surface area contributed by atoms with Crippen LogP contribution in [0, 0.1) is 0 Å². The van der Waals surface area contributed by atoms with Gasteiger partial charge in [-0.3, -0.25) is 4.79 Å². The average molecular weight is 424 g/mol. The minimum absolute atomic E-state index is 0. The molecule has 130 valence electrons. The maximum absolute atomic E-state index is 12.4. The average Bonchev–Trinajstić information content (AvgIpc) is 3.10. The van der Waals surface area contributed by atoms with E-state index in [4.69, 9.17) is 0 Å². The highest BCUT2D eigenvalue weighted by atomic mass is 79.9. The molecule has 0 radical (unpaired) electrons. The number of thioether (sulfide) groups is 1. The number of halogens is 1. The van der Waals surface area contributed by atoms with Crippen molar-refractivity contribution in [1.29, 1.82) is 0 Å². The largest absolute Gasteiger partial charge is 1.00 e. The van der Waals surface area contributed by atoms with Crippen LogP contribution in [0.3, 0.4) is 0 Å². The van der Waals surface area contributed by atoms with E-state index < -0.39 is 0 Å². The maximum Gasteiger partial charge on any atom is 0.173 e. The summed E-state index contributed by atoms with van der Waals surface area (Å²) < 4.78 is 0. The molecular formula is C21H16BrN2OS-. The van der Waals surface area contributed by atoms with Gasteiger partial charge in [0.25, 0.3) is 0 Å². The van der Waals surface area contributed by atoms with Crippen LogP contribution in [0.2, 0.25) is 0 Å². The number of para-hydroxylation sites is 2. The molecule has 0 aliphatic heterocycles. The van der Waals surface area contributed by atoms with E-state index in [1.54, 1.807) is 0 Å². The van der Waals surface area contributed by atoms with Crippen LogP contribution in [0.25, 0.3) is 22.2 Å². The van der Waals surface area contributed by atoms with Crippen LogP contribution in [0.5, 0.6) is 0 Å². The van der Waals surface area contributed by atoms with Crippen molar-refractivity contribution < 1.29 is 21.8 Å². The van der Waals surface area contributed by atoms with E-state index in [1.807, 2.05) is 66.7 Å². The van der Waals surface area contributed by atoms with Gasteiger partial charge < -0.3 is 22.0 Å². The monoisotopic (exact) mass is 423 g/mol. The van der Waals surface area contributed by atoms with Gasteiger partial charge in [0.15, 0.2) is 10.9 Å². The van der Waals surface area contributed by atoms with Crippen LogP contribution in [-0.2, 0) is 0 Å². The Morgan fingerprint density at radius 3 is 2.23 bits per heavy atom. The molecule has 0 fully saturated rings. The standard InChI is InChI=1S/C21H16N2OS.BrH/c24-20(14-25-21-22-18-8-4-5-9-19(18)23-21)17-12-10-16(11-13-17)15-6-2-1-3-7-15;/h1-13H,14H2,(H,22,23);1H/p-1. The van der Waals surface area contributed by atoms with E-state index in [2.05, 4.69) is 22.1 Å². The van der Waals surface area contributed by atoms with Gasteiger partial charge in [0, 0.05) is 5.56 Å². The van der Waals surface area contributed by atoms with Gasteiger partial charge in [-0.15, -0.1) is 0 Å². The summed E-state index contributed by atoms with van der Waals surface area (Å²) in [7, 11) is 0. The highest BCUT2D eigenvalue weighted by Gasteiger charge is 2.09. The second kappa shape index (κ2) is 8.34. The van der Waals surface area contributed by atoms with Gasteiger partial charge in [-0.2, -0.15) is 0 Å². The van der Waals surface area contributed by atoms with Crippen LogP contribution >= 0.6 is 11.8 Å². The van der Waals surface area contributed by atoms with Gasteiger partial charge in [-0.05, 0) is 23.3 Å². The van der Waals surface area contributed by atoms with Crippen LogP contribution in [-0.4, -0.2) is 21.5 Å². The lowest BCUT2D eigenvalue weighted by Crippen LogP contribution is -3.00. The second-order valence-electron chi connectivity index (χ2n) is 5.71. The first kappa shape index (κ1) is 18.4. The number of nitrogens with zero attached hydrogens (tertiary/aromatic N) is 1. The molecule has 0 unspecified atom stereocenters. The van der Waals surface area contributed by atoms with E-state index in [0.717, 1.165) is 32.9 Å². The number of hydrogen-bond acceptors (Lipinski definition) is 3. The number of aromatic nitrogens is 2. The number of hydrogen-bond donors (Lipinski definition) is 1. The Bertz CT molecular complexity index is 980. The molecule has 1 heterocycles. The Balaban J connectivity index is 0.00000196. The Hall–Kier alpha value is -2.37. The molecule has 0 aliphatic rings. The van der Waals surface area contributed by atoms with E-state index in [9.17, 15) is 4.79 Å². The van der Waals surface area contributed by atoms with Crippen molar-refractivity contribution in [1.82, 2.24) is 9.97 Å². The number of fused-ring (bicyclic) bond motifs is 1. The minimum atomic E-state index is 0. The zero-order valence-electron chi connectivity index (χ0n) is 13.9. The van der Waals surface area contributed by atoms with Crippen molar-refractivity contribution in [3.63, 3.8) is 0 Å². The van der Waals surface area contributed by atoms with Crippen molar-refractivity contribution in [3.05, 3.63) is 84.4 Å². The lowest BCUT2D eigenvalue weighted by molar-refractivity contribution is -0.0000127. The van der Waals surface area contributed by atoms with Crippen molar-refractivity contribution in [2.75, 3.05) is 5.75 Å². The number of Topliss-reactive ketones (excluding diaryl/α,β-unsaturated/α-hetero) is 1. The molecular weight excluding hydrogens is 408 g/mol. The molecule has 1 N–H and O–H groups in total. The number of ketones is 1. The third-order valence-electron chi connectivity index (χ3n) is 4.02. The smallest absolute Gasteiger partial charge is 0.173 e. The zero-order valence-corrected chi connectivity index (χ0v) is 16.3. The summed E-state index contributed by atoms with van der Waals surface area (Å²) in [6, 6.07) is 25.8. The summed E-state index contributed by atoms with van der Waals surface area (Å²) in [5.74, 6) is 0.467. The van der Waals surface area contributed by atoms with E-state index in [1.165, 1.54) is 11.8 Å². The normalized spacial score (nSPS) is 10.5. The van der Waals surface area contributed by atoms with Gasteiger partial charge in [0.2, 0.25) is 0 Å². The van der Waals surface area contributed by atoms with E-state index in [-0.39, 0.29) is 22.8 Å². The lowest BCUT2D eigenvalue weighted by Gasteiger charge is -2.03. The SMILES string of the molecule is O=C(CSc1nc2ccccc2[nH]1)c1ccc(-c2ccccc2)cc1.[Br-]. The summed E-state index contributed by atoms with van der Waals surface area (Å²) in [6.07, 6.45) is 0. The third-order valence-corrected chi connectivity index (χ3v) is 4.89. The zero-order chi connectivity index (χ0) is 17.1. The molecule has 0 atom stereocenters. The number of carbonyl (C=O) groups excluding carboxylic acids is 1. The highest BCUT2D eigenvalue weighted by Crippen LogP contribution is 2.22. The third kappa shape index (κ3) is 4.06. The molecule has 0 amide bonds. The topological polar surface area (TPSA) is 45.8 Å². The fourth-order valence-electron chi connectivity index (χ4n) is 2.69. The Morgan fingerprint density at radius 1 is 0.846 bits per heavy atom. The second-order valence-corrected chi connectivity index (χ2v) is 6.68. The van der Waals surface area contributed by atoms with Crippen molar-refractivity contribution >= 4 is 28.6 Å². The maximum atomic E-state index is 12.4.